The minimum atomic E-state index is -3.22. The Morgan fingerprint density at radius 2 is 1.74 bits per heavy atom. The highest BCUT2D eigenvalue weighted by Crippen LogP contribution is 2.61. The third-order valence-corrected chi connectivity index (χ3v) is 9.52. The molecule has 0 bridgehead atoms. The van der Waals surface area contributed by atoms with Gasteiger partial charge in [-0.15, -0.1) is 5.10 Å². The first-order valence-electron chi connectivity index (χ1n) is 13.2. The molecule has 4 aromatic rings. The highest BCUT2D eigenvalue weighted by atomic mass is 36.0. The molecule has 1 N–H and O–H groups in total. The largest absolute Gasteiger partial charge is 0.478 e. The molecule has 0 radical (unpaired) electrons. The minimum Gasteiger partial charge on any atom is -0.478 e. The maximum atomic E-state index is 14.5. The summed E-state index contributed by atoms with van der Waals surface area (Å²) in [6.07, 6.45) is 7.42. The zero-order valence-corrected chi connectivity index (χ0v) is 27.6. The van der Waals surface area contributed by atoms with E-state index in [4.69, 9.17) is 23.2 Å². The van der Waals surface area contributed by atoms with Crippen LogP contribution in [0.4, 0.5) is 9.52 Å². The standard InChI is InChI=1S/C27H22Cl2FN5O2S.Cl3OP/c28-17-2-1-3-18(29)24(17)35-23(21(32-33-35)14-4-5-14)16-12-27(13-16)6-8-34(9-7-27)26-31-22-19(30)10-15(25(36)37)11-20(22)38-26;1-5(2,3)4/h1-3,10-12,14H,4-9,13H2,(H,36,37);. The number of benzene rings is 2. The summed E-state index contributed by atoms with van der Waals surface area (Å²) >= 11 is 28.2. The normalized spacial score (nSPS) is 17.8. The molecular formula is C27H22Cl5FN5O3PS. The van der Waals surface area contributed by atoms with Crippen molar-refractivity contribution in [2.24, 2.45) is 5.41 Å². The van der Waals surface area contributed by atoms with Crippen LogP contribution in [0, 0.1) is 11.2 Å². The Morgan fingerprint density at radius 3 is 2.33 bits per heavy atom. The van der Waals surface area contributed by atoms with Gasteiger partial charge in [0, 0.05) is 19.0 Å². The molecule has 0 atom stereocenters. The second-order valence-corrected chi connectivity index (χ2v) is 19.2. The lowest BCUT2D eigenvalue weighted by molar-refractivity contribution is 0.0696. The highest BCUT2D eigenvalue weighted by molar-refractivity contribution is 8.24. The molecule has 0 unspecified atom stereocenters. The van der Waals surface area contributed by atoms with Gasteiger partial charge >= 0.3 is 11.2 Å². The third-order valence-electron chi connectivity index (χ3n) is 7.85. The molecule has 226 valence electrons. The van der Waals surface area contributed by atoms with Gasteiger partial charge in [0.1, 0.15) is 11.2 Å². The lowest BCUT2D eigenvalue weighted by Gasteiger charge is -2.46. The number of hydrogen-bond acceptors (Lipinski definition) is 7. The number of piperidine rings is 1. The fourth-order valence-corrected chi connectivity index (χ4v) is 7.27. The zero-order chi connectivity index (χ0) is 30.7. The van der Waals surface area contributed by atoms with Crippen molar-refractivity contribution in [3.05, 3.63) is 69.2 Å². The number of allylic oxidation sites excluding steroid dienone is 2. The van der Waals surface area contributed by atoms with Crippen molar-refractivity contribution in [1.29, 1.82) is 0 Å². The Labute approximate surface area is 274 Å². The molecule has 1 saturated carbocycles. The number of halogens is 6. The van der Waals surface area contributed by atoms with Crippen molar-refractivity contribution >= 4 is 100 Å². The number of fused-ring (bicyclic) bond motifs is 1. The fraction of sp³-hybridized carbons (Fsp3) is 0.333. The van der Waals surface area contributed by atoms with Crippen LogP contribution in [0.1, 0.15) is 59.8 Å². The number of rotatable bonds is 5. The lowest BCUT2D eigenvalue weighted by Crippen LogP contribution is -2.42. The van der Waals surface area contributed by atoms with Gasteiger partial charge in [0.05, 0.1) is 31.7 Å². The van der Waals surface area contributed by atoms with Crippen LogP contribution < -0.4 is 4.90 Å². The number of carbonyl (C=O) groups is 1. The first-order valence-corrected chi connectivity index (χ1v) is 19.2. The quantitative estimate of drug-likeness (QED) is 0.205. The van der Waals surface area contributed by atoms with Crippen LogP contribution in [0.3, 0.4) is 0 Å². The van der Waals surface area contributed by atoms with Crippen LogP contribution in [-0.4, -0.2) is 44.1 Å². The van der Waals surface area contributed by atoms with E-state index in [-0.39, 0.29) is 16.5 Å². The van der Waals surface area contributed by atoms with E-state index < -0.39 is 17.0 Å². The smallest absolute Gasteiger partial charge is 0.339 e. The van der Waals surface area contributed by atoms with Crippen LogP contribution in [0.15, 0.2) is 36.4 Å². The molecule has 0 amide bonds. The van der Waals surface area contributed by atoms with Gasteiger partial charge in [-0.05, 0) is 101 Å². The molecule has 16 heteroatoms. The van der Waals surface area contributed by atoms with Crippen molar-refractivity contribution in [2.45, 2.75) is 38.0 Å². The summed E-state index contributed by atoms with van der Waals surface area (Å²) in [4.78, 5) is 18.0. The molecular weight excluding hydrogens is 702 g/mol. The maximum Gasteiger partial charge on any atom is 0.339 e. The summed E-state index contributed by atoms with van der Waals surface area (Å²) in [6, 6.07) is 7.98. The van der Waals surface area contributed by atoms with E-state index in [1.807, 2.05) is 22.9 Å². The van der Waals surface area contributed by atoms with Gasteiger partial charge in [0.15, 0.2) is 10.9 Å². The van der Waals surface area contributed by atoms with Crippen LogP contribution in [0.2, 0.25) is 10.0 Å². The first kappa shape index (κ1) is 31.1. The van der Waals surface area contributed by atoms with E-state index in [0.717, 1.165) is 67.8 Å². The van der Waals surface area contributed by atoms with E-state index in [1.165, 1.54) is 23.0 Å². The molecule has 2 aromatic carbocycles. The van der Waals surface area contributed by atoms with Gasteiger partial charge in [-0.1, -0.05) is 51.9 Å². The van der Waals surface area contributed by atoms with Gasteiger partial charge in [0.2, 0.25) is 0 Å². The Hall–Kier alpha value is -1.91. The molecule has 2 fully saturated rings. The summed E-state index contributed by atoms with van der Waals surface area (Å²) < 4.78 is 26.4. The second kappa shape index (κ2) is 11.8. The average molecular weight is 724 g/mol. The predicted molar refractivity (Wildman–Crippen MR) is 172 cm³/mol. The molecule has 1 aliphatic heterocycles. The zero-order valence-electron chi connectivity index (χ0n) is 22.1. The Morgan fingerprint density at radius 1 is 1.12 bits per heavy atom. The summed E-state index contributed by atoms with van der Waals surface area (Å²) in [6.45, 7) is 1.58. The Kier molecular flexibility index (Phi) is 8.52. The number of carboxylic acid groups (broad SMARTS) is 1. The maximum absolute atomic E-state index is 14.5. The van der Waals surface area contributed by atoms with E-state index in [1.54, 1.807) is 0 Å². The van der Waals surface area contributed by atoms with E-state index >= 15 is 0 Å². The second-order valence-electron chi connectivity index (χ2n) is 10.8. The van der Waals surface area contributed by atoms with Crippen LogP contribution >= 0.6 is 73.5 Å². The molecule has 1 saturated heterocycles. The van der Waals surface area contributed by atoms with Gasteiger partial charge in [0.25, 0.3) is 0 Å². The summed E-state index contributed by atoms with van der Waals surface area (Å²) in [5.41, 5.74) is 4.19. The SMILES string of the molecule is O=C(O)c1cc(F)c2nc(N3CCC4(C=C(c5c(C6CC6)nnn5-c5c(Cl)cccc5Cl)C4)CC3)sc2c1.O=P(Cl)(Cl)Cl. The number of anilines is 1. The van der Waals surface area contributed by atoms with Crippen molar-refractivity contribution in [2.75, 3.05) is 18.0 Å². The lowest BCUT2D eigenvalue weighted by atomic mass is 9.64. The molecule has 1 spiro atoms. The van der Waals surface area contributed by atoms with E-state index in [0.29, 0.717) is 26.4 Å². The molecule has 7 rings (SSSR count). The van der Waals surface area contributed by atoms with Crippen LogP contribution in [0.5, 0.6) is 0 Å². The number of para-hydroxylation sites is 1. The van der Waals surface area contributed by atoms with Crippen molar-refractivity contribution in [1.82, 2.24) is 20.0 Å². The van der Waals surface area contributed by atoms with Crippen molar-refractivity contribution in [3.8, 4) is 5.69 Å². The first-order chi connectivity index (χ1) is 20.3. The molecule has 43 heavy (non-hydrogen) atoms. The number of aromatic nitrogens is 4. The van der Waals surface area contributed by atoms with Gasteiger partial charge in [-0.25, -0.2) is 18.9 Å². The molecule has 2 aromatic heterocycles. The van der Waals surface area contributed by atoms with Gasteiger partial charge in [-0.2, -0.15) is 0 Å². The molecule has 3 aliphatic rings. The van der Waals surface area contributed by atoms with Crippen molar-refractivity contribution in [3.63, 3.8) is 0 Å². The number of aromatic carboxylic acids is 1. The summed E-state index contributed by atoms with van der Waals surface area (Å²) in [5.74, 6) is -1.32. The topological polar surface area (TPSA) is 101 Å². The molecule has 2 aliphatic carbocycles. The number of nitrogens with zero attached hydrogens (tertiary/aromatic N) is 5. The fourth-order valence-electron chi connectivity index (χ4n) is 5.65. The Bertz CT molecular complexity index is 1800. The monoisotopic (exact) mass is 721 g/mol. The number of carboxylic acids is 1. The number of hydrogen-bond donors (Lipinski definition) is 1. The minimum absolute atomic E-state index is 0.0627. The predicted octanol–water partition coefficient (Wildman–Crippen LogP) is 9.78. The third kappa shape index (κ3) is 6.57. The number of thiazole rings is 1. The van der Waals surface area contributed by atoms with Crippen LogP contribution in [-0.2, 0) is 4.57 Å². The molecule has 8 nitrogen and oxygen atoms in total. The summed E-state index contributed by atoms with van der Waals surface area (Å²) in [7, 11) is 0. The van der Waals surface area contributed by atoms with Crippen molar-refractivity contribution < 1.29 is 18.9 Å². The van der Waals surface area contributed by atoms with Gasteiger partial charge < -0.3 is 10.0 Å². The Balaban J connectivity index is 0.000000611. The van der Waals surface area contributed by atoms with Crippen LogP contribution in [0.25, 0.3) is 21.5 Å². The summed E-state index contributed by atoms with van der Waals surface area (Å²) in [5, 5.41) is 16.8. The highest BCUT2D eigenvalue weighted by Gasteiger charge is 2.44. The van der Waals surface area contributed by atoms with E-state index in [2.05, 4.69) is 60.0 Å². The van der Waals surface area contributed by atoms with E-state index in [9.17, 15) is 18.9 Å². The molecule has 3 heterocycles. The van der Waals surface area contributed by atoms with Gasteiger partial charge in [-0.3, -0.25) is 4.57 Å². The average Bonchev–Trinajstić information content (AvgIpc) is 3.51.